The molecule has 0 aromatic carbocycles. The molecule has 0 saturated heterocycles. The van der Waals surface area contributed by atoms with Gasteiger partial charge < -0.3 is 33.8 Å². The third-order valence-electron chi connectivity index (χ3n) is 16.9. The third kappa shape index (κ3) is 62.0. The van der Waals surface area contributed by atoms with Crippen LogP contribution in [0.5, 0.6) is 0 Å². The number of unbranched alkanes of at least 4 members (excludes halogenated alkanes) is 37. The Morgan fingerprint density at radius 3 is 0.798 bits per heavy atom. The summed E-state index contributed by atoms with van der Waals surface area (Å²) in [6, 6.07) is 0. The molecule has 0 aliphatic heterocycles. The first-order valence-electron chi connectivity index (χ1n) is 36.6. The number of aliphatic hydroxyl groups excluding tert-OH is 1. The lowest BCUT2D eigenvalue weighted by Crippen LogP contribution is -2.30. The van der Waals surface area contributed by atoms with E-state index in [0.717, 1.165) is 121 Å². The van der Waals surface area contributed by atoms with Crippen LogP contribution in [0.25, 0.3) is 0 Å². The van der Waals surface area contributed by atoms with Gasteiger partial charge in [0.1, 0.15) is 19.3 Å². The Morgan fingerprint density at radius 1 is 0.315 bits per heavy atom. The van der Waals surface area contributed by atoms with E-state index in [-0.39, 0.29) is 25.7 Å². The number of carbonyl (C=O) groups is 4. The van der Waals surface area contributed by atoms with Gasteiger partial charge in [0.2, 0.25) is 0 Å². The van der Waals surface area contributed by atoms with Gasteiger partial charge in [-0.15, -0.1) is 0 Å². The second-order valence-electron chi connectivity index (χ2n) is 25.8. The molecule has 4 unspecified atom stereocenters. The van der Waals surface area contributed by atoms with E-state index < -0.39 is 97.5 Å². The molecule has 0 aromatic heterocycles. The van der Waals surface area contributed by atoms with Gasteiger partial charge in [-0.1, -0.05) is 305 Å². The molecule has 0 radical (unpaired) electrons. The van der Waals surface area contributed by atoms with Gasteiger partial charge in [-0.25, -0.2) is 9.13 Å². The number of aliphatic hydroxyl groups is 1. The number of phosphoric ester groups is 2. The second kappa shape index (κ2) is 62.2. The molecule has 0 heterocycles. The van der Waals surface area contributed by atoms with Crippen molar-refractivity contribution in [2.24, 2.45) is 11.8 Å². The van der Waals surface area contributed by atoms with Crippen molar-refractivity contribution in [2.75, 3.05) is 39.6 Å². The Kier molecular flexibility index (Phi) is 60.8. The predicted octanol–water partition coefficient (Wildman–Crippen LogP) is 20.0. The molecular formula is C70H136O17P2. The highest BCUT2D eigenvalue weighted by atomic mass is 31.2. The molecule has 3 N–H and O–H groups in total. The number of esters is 4. The van der Waals surface area contributed by atoms with Crippen LogP contribution < -0.4 is 0 Å². The lowest BCUT2D eigenvalue weighted by molar-refractivity contribution is -0.161. The summed E-state index contributed by atoms with van der Waals surface area (Å²) in [5.41, 5.74) is 0. The number of hydrogen-bond donors (Lipinski definition) is 3. The summed E-state index contributed by atoms with van der Waals surface area (Å²) in [4.78, 5) is 72.3. The molecule has 0 amide bonds. The average molecular weight is 1310 g/mol. The first kappa shape index (κ1) is 87.1. The number of phosphoric acid groups is 2. The van der Waals surface area contributed by atoms with E-state index in [9.17, 15) is 43.2 Å². The monoisotopic (exact) mass is 1310 g/mol. The Morgan fingerprint density at radius 2 is 0.539 bits per heavy atom. The van der Waals surface area contributed by atoms with E-state index in [1.807, 2.05) is 0 Å². The molecule has 19 heteroatoms. The number of carbonyl (C=O) groups excluding carboxylic acids is 4. The first-order valence-corrected chi connectivity index (χ1v) is 39.6. The summed E-state index contributed by atoms with van der Waals surface area (Å²) in [5, 5.41) is 10.6. The van der Waals surface area contributed by atoms with Gasteiger partial charge in [0.05, 0.1) is 26.4 Å². The lowest BCUT2D eigenvalue weighted by Gasteiger charge is -2.21. The van der Waals surface area contributed by atoms with E-state index in [1.165, 1.54) is 154 Å². The molecule has 89 heavy (non-hydrogen) atoms. The molecule has 0 spiro atoms. The summed E-state index contributed by atoms with van der Waals surface area (Å²) in [7, 11) is -9.89. The molecule has 17 nitrogen and oxygen atoms in total. The van der Waals surface area contributed by atoms with Gasteiger partial charge in [-0.05, 0) is 37.5 Å². The Balaban J connectivity index is 5.10. The topological polar surface area (TPSA) is 237 Å². The van der Waals surface area contributed by atoms with Gasteiger partial charge in [0.25, 0.3) is 0 Å². The van der Waals surface area contributed by atoms with Crippen LogP contribution >= 0.6 is 15.6 Å². The summed E-state index contributed by atoms with van der Waals surface area (Å²) in [6.45, 7) is 9.40. The quantitative estimate of drug-likeness (QED) is 0.0222. The van der Waals surface area contributed by atoms with Gasteiger partial charge >= 0.3 is 39.5 Å². The molecule has 0 bridgehead atoms. The van der Waals surface area contributed by atoms with Crippen LogP contribution in [0, 0.1) is 11.8 Å². The Hall–Kier alpha value is -1.94. The van der Waals surface area contributed by atoms with Gasteiger partial charge in [0.15, 0.2) is 12.2 Å². The van der Waals surface area contributed by atoms with Crippen molar-refractivity contribution < 1.29 is 80.2 Å². The molecule has 7 atom stereocenters. The lowest BCUT2D eigenvalue weighted by atomic mass is 10.00. The molecule has 0 rings (SSSR count). The van der Waals surface area contributed by atoms with Crippen LogP contribution in [0.4, 0.5) is 0 Å². The van der Waals surface area contributed by atoms with Crippen molar-refractivity contribution >= 4 is 39.5 Å². The van der Waals surface area contributed by atoms with Crippen molar-refractivity contribution in [3.63, 3.8) is 0 Å². The van der Waals surface area contributed by atoms with E-state index in [2.05, 4.69) is 41.5 Å². The van der Waals surface area contributed by atoms with Crippen LogP contribution in [0.2, 0.25) is 0 Å². The van der Waals surface area contributed by atoms with E-state index in [4.69, 9.17) is 37.0 Å². The average Bonchev–Trinajstić information content (AvgIpc) is 3.73. The molecule has 0 aliphatic rings. The van der Waals surface area contributed by atoms with Crippen molar-refractivity contribution in [1.29, 1.82) is 0 Å². The minimum absolute atomic E-state index is 0.102. The van der Waals surface area contributed by atoms with Crippen molar-refractivity contribution in [3.8, 4) is 0 Å². The summed E-state index contributed by atoms with van der Waals surface area (Å²) in [6.07, 6.45) is 47.7. The fourth-order valence-electron chi connectivity index (χ4n) is 10.5. The summed E-state index contributed by atoms with van der Waals surface area (Å²) >= 11 is 0. The zero-order valence-corrected chi connectivity index (χ0v) is 59.5. The van der Waals surface area contributed by atoms with Gasteiger partial charge in [-0.2, -0.15) is 0 Å². The number of rotatable bonds is 69. The zero-order valence-electron chi connectivity index (χ0n) is 57.7. The number of ether oxygens (including phenoxy) is 4. The number of hydrogen-bond acceptors (Lipinski definition) is 15. The summed E-state index contributed by atoms with van der Waals surface area (Å²) < 4.78 is 68.1. The maximum absolute atomic E-state index is 13.0. The van der Waals surface area contributed by atoms with E-state index in [0.29, 0.717) is 25.7 Å². The Labute approximate surface area is 543 Å². The second-order valence-corrected chi connectivity index (χ2v) is 28.7. The molecule has 0 saturated carbocycles. The van der Waals surface area contributed by atoms with E-state index in [1.54, 1.807) is 0 Å². The van der Waals surface area contributed by atoms with Crippen molar-refractivity contribution in [2.45, 2.75) is 374 Å². The predicted molar refractivity (Wildman–Crippen MR) is 358 cm³/mol. The van der Waals surface area contributed by atoms with Crippen LogP contribution in [0.1, 0.15) is 356 Å². The highest BCUT2D eigenvalue weighted by Crippen LogP contribution is 2.45. The fourth-order valence-corrected chi connectivity index (χ4v) is 12.1. The Bertz CT molecular complexity index is 1740. The molecule has 0 aliphatic carbocycles. The molecular weight excluding hydrogens is 1170 g/mol. The maximum Gasteiger partial charge on any atom is 0.472 e. The smallest absolute Gasteiger partial charge is 0.462 e. The third-order valence-corrected chi connectivity index (χ3v) is 18.8. The fraction of sp³-hybridized carbons (Fsp3) is 0.943. The summed E-state index contributed by atoms with van der Waals surface area (Å²) in [5.74, 6) is -0.685. The van der Waals surface area contributed by atoms with Crippen molar-refractivity contribution in [1.82, 2.24) is 0 Å². The van der Waals surface area contributed by atoms with Gasteiger partial charge in [0, 0.05) is 25.7 Å². The zero-order chi connectivity index (χ0) is 65.7. The first-order chi connectivity index (χ1) is 42.9. The largest absolute Gasteiger partial charge is 0.472 e. The van der Waals surface area contributed by atoms with Gasteiger partial charge in [-0.3, -0.25) is 37.3 Å². The van der Waals surface area contributed by atoms with Crippen molar-refractivity contribution in [3.05, 3.63) is 0 Å². The standard InChI is InChI=1S/C70H136O17P2/c1-7-11-13-15-17-18-19-20-21-22-23-24-25-26-27-28-29-30-31-33-42-48-54-69(74)86-65(59-81-68(73)53-47-41-36-34-38-44-50-62(5)9-3)60-84-88(76,77)82-56-64(71)57-83-89(78,79)85-61-66(58-80-67(72)52-46-40-32-16-14-12-8-2)87-70(75)55-49-43-37-35-39-45-51-63(6)10-4/h62-66,71H,7-61H2,1-6H3,(H,76,77)(H,78,79)/t62?,63?,64-,65-,66-/m1/s1. The minimum Gasteiger partial charge on any atom is -0.462 e. The van der Waals surface area contributed by atoms with E-state index >= 15 is 0 Å². The van der Waals surface area contributed by atoms with Crippen LogP contribution in [0.15, 0.2) is 0 Å². The molecule has 0 fully saturated rings. The molecule has 528 valence electrons. The maximum atomic E-state index is 13.0. The minimum atomic E-state index is -4.95. The highest BCUT2D eigenvalue weighted by molar-refractivity contribution is 7.47. The highest BCUT2D eigenvalue weighted by Gasteiger charge is 2.30. The SMILES string of the molecule is CCCCCCCCCCCCCCCCCCCCCCCCC(=O)O[C@H](COC(=O)CCCCCCCCC(C)CC)COP(=O)(O)OC[C@@H](O)COP(=O)(O)OC[C@@H](COC(=O)CCCCCCCCC)OC(=O)CCCCCCCCC(C)CC. The van der Waals surface area contributed by atoms with Crippen LogP contribution in [0.3, 0.4) is 0 Å². The normalized spacial score (nSPS) is 14.8. The van der Waals surface area contributed by atoms with Crippen LogP contribution in [-0.4, -0.2) is 96.7 Å². The van der Waals surface area contributed by atoms with Crippen LogP contribution in [-0.2, 0) is 65.4 Å². The molecule has 0 aromatic rings.